The number of amides is 2. The zero-order valence-electron chi connectivity index (χ0n) is 26.3. The van der Waals surface area contributed by atoms with Crippen molar-refractivity contribution in [2.45, 2.75) is 69.5 Å². The number of anilines is 2. The summed E-state index contributed by atoms with van der Waals surface area (Å²) in [5.74, 6) is -1.18. The Kier molecular flexibility index (Phi) is 9.05. The zero-order chi connectivity index (χ0) is 34.2. The van der Waals surface area contributed by atoms with Crippen molar-refractivity contribution in [3.05, 3.63) is 94.7 Å². The number of aliphatic hydroxyl groups is 2. The van der Waals surface area contributed by atoms with Gasteiger partial charge in [0.15, 0.2) is 0 Å². The van der Waals surface area contributed by atoms with Crippen molar-refractivity contribution in [3.8, 4) is 10.6 Å². The van der Waals surface area contributed by atoms with Gasteiger partial charge in [0.1, 0.15) is 46.0 Å². The van der Waals surface area contributed by atoms with E-state index in [1.165, 1.54) is 23.5 Å². The first-order chi connectivity index (χ1) is 23.7. The number of hydrogen-bond acceptors (Lipinski definition) is 10. The molecular weight excluding hydrogens is 657 g/mol. The molecule has 3 heterocycles. The molecule has 0 aliphatic heterocycles. The quantitative estimate of drug-likeness (QED) is 0.117. The summed E-state index contributed by atoms with van der Waals surface area (Å²) in [6, 6.07) is 9.29. The maximum absolute atomic E-state index is 14.4. The van der Waals surface area contributed by atoms with Crippen LogP contribution >= 0.6 is 11.3 Å². The van der Waals surface area contributed by atoms with E-state index in [-0.39, 0.29) is 36.8 Å². The molecule has 3 aromatic heterocycles. The molecule has 11 nitrogen and oxygen atoms in total. The van der Waals surface area contributed by atoms with Crippen LogP contribution in [0.3, 0.4) is 0 Å². The highest BCUT2D eigenvalue weighted by Gasteiger charge is 2.43. The number of rotatable bonds is 10. The largest absolute Gasteiger partial charge is 0.388 e. The second-order valence-electron chi connectivity index (χ2n) is 12.2. The number of aliphatic hydroxyl groups excluding tert-OH is 2. The molecule has 2 saturated carbocycles. The SMILES string of the molecule is Cc1nc(NCc2c(F)cccc2F)nc(N[C@@H]2C[C@H](NC(=O)NCc3ccccc3F)[C@@H](O)[C@H]2O)c1-c1nc2c(C3CC3)nccc2s1. The van der Waals surface area contributed by atoms with E-state index >= 15 is 0 Å². The Morgan fingerprint density at radius 3 is 2.41 bits per heavy atom. The predicted molar refractivity (Wildman–Crippen MR) is 178 cm³/mol. The number of nitrogens with zero attached hydrogens (tertiary/aromatic N) is 4. The Morgan fingerprint density at radius 2 is 1.65 bits per heavy atom. The normalized spacial score (nSPS) is 20.4. The first-order valence-corrected chi connectivity index (χ1v) is 16.7. The van der Waals surface area contributed by atoms with Crippen LogP contribution in [-0.2, 0) is 13.1 Å². The van der Waals surface area contributed by atoms with Crippen LogP contribution < -0.4 is 21.3 Å². The molecule has 2 fully saturated rings. The van der Waals surface area contributed by atoms with Gasteiger partial charge in [-0.2, -0.15) is 4.98 Å². The van der Waals surface area contributed by atoms with Gasteiger partial charge in [-0.25, -0.2) is 27.9 Å². The number of benzene rings is 2. The van der Waals surface area contributed by atoms with Gasteiger partial charge in [-0.05, 0) is 50.5 Å². The molecular formula is C34H33F3N8O3S. The molecule has 2 aliphatic rings. The van der Waals surface area contributed by atoms with E-state index < -0.39 is 47.8 Å². The molecule has 6 N–H and O–H groups in total. The molecule has 15 heteroatoms. The number of pyridine rings is 1. The highest BCUT2D eigenvalue weighted by atomic mass is 32.1. The van der Waals surface area contributed by atoms with E-state index in [1.807, 2.05) is 6.07 Å². The van der Waals surface area contributed by atoms with Crippen molar-refractivity contribution in [3.63, 3.8) is 0 Å². The fraction of sp³-hybridized carbons (Fsp3) is 0.324. The van der Waals surface area contributed by atoms with Gasteiger partial charge in [0.05, 0.1) is 33.7 Å². The molecule has 254 valence electrons. The highest BCUT2D eigenvalue weighted by Crippen LogP contribution is 2.44. The smallest absolute Gasteiger partial charge is 0.315 e. The number of aromatic nitrogens is 4. The minimum Gasteiger partial charge on any atom is -0.388 e. The molecule has 2 aromatic carbocycles. The van der Waals surface area contributed by atoms with Crippen LogP contribution in [0.4, 0.5) is 29.7 Å². The van der Waals surface area contributed by atoms with Gasteiger partial charge in [0.25, 0.3) is 0 Å². The number of fused-ring (bicyclic) bond motifs is 1. The third kappa shape index (κ3) is 6.86. The highest BCUT2D eigenvalue weighted by molar-refractivity contribution is 7.21. The second-order valence-corrected chi connectivity index (χ2v) is 13.3. The molecule has 0 spiro atoms. The first-order valence-electron chi connectivity index (χ1n) is 15.9. The summed E-state index contributed by atoms with van der Waals surface area (Å²) >= 11 is 1.44. The Morgan fingerprint density at radius 1 is 0.918 bits per heavy atom. The van der Waals surface area contributed by atoms with E-state index in [0.717, 1.165) is 40.9 Å². The van der Waals surface area contributed by atoms with Gasteiger partial charge >= 0.3 is 6.03 Å². The topological polar surface area (TPSA) is 157 Å². The molecule has 49 heavy (non-hydrogen) atoms. The number of halogens is 3. The lowest BCUT2D eigenvalue weighted by atomic mass is 10.1. The standard InChI is InChI=1S/C34H33F3N8O3S/c1-16-26(32-44-28-25(49-32)11-12-38-27(28)17-9-10-17)31(45-33(41-16)39-15-19-21(36)7-4-8-22(19)37)42-23-13-24(30(47)29(23)46)43-34(48)40-14-18-5-2-3-6-20(18)35/h2-8,11-12,17,23-24,29-30,46-47H,9-10,13-15H2,1H3,(H2,40,43,48)(H2,39,41,42,45)/t23-,24+,29+,30-/m1/s1. The molecule has 2 aliphatic carbocycles. The number of urea groups is 1. The summed E-state index contributed by atoms with van der Waals surface area (Å²) < 4.78 is 43.7. The first kappa shape index (κ1) is 32.7. The van der Waals surface area contributed by atoms with Gasteiger partial charge in [-0.1, -0.05) is 24.3 Å². The number of thiazole rings is 1. The number of carbonyl (C=O) groups excluding carboxylic acids is 1. The van der Waals surface area contributed by atoms with Crippen molar-refractivity contribution < 1.29 is 28.2 Å². The summed E-state index contributed by atoms with van der Waals surface area (Å²) in [5.41, 5.74) is 2.91. The Bertz CT molecular complexity index is 2010. The van der Waals surface area contributed by atoms with Gasteiger partial charge < -0.3 is 31.5 Å². The van der Waals surface area contributed by atoms with E-state index in [4.69, 9.17) is 4.98 Å². The summed E-state index contributed by atoms with van der Waals surface area (Å²) in [6.07, 6.45) is 1.33. The lowest BCUT2D eigenvalue weighted by Crippen LogP contribution is -2.47. The molecule has 0 bridgehead atoms. The number of nitrogens with one attached hydrogen (secondary N) is 4. The van der Waals surface area contributed by atoms with E-state index in [0.29, 0.717) is 27.7 Å². The Balaban J connectivity index is 1.15. The van der Waals surface area contributed by atoms with Crippen LogP contribution in [0.15, 0.2) is 54.7 Å². The Labute approximate surface area is 283 Å². The maximum Gasteiger partial charge on any atom is 0.315 e. The summed E-state index contributed by atoms with van der Waals surface area (Å²) in [5, 5.41) is 34.0. The van der Waals surface area contributed by atoms with Crippen molar-refractivity contribution in [2.75, 3.05) is 10.6 Å². The summed E-state index contributed by atoms with van der Waals surface area (Å²) in [4.78, 5) is 31.4. The molecule has 2 amide bonds. The molecule has 4 atom stereocenters. The van der Waals surface area contributed by atoms with Crippen molar-refractivity contribution in [1.29, 1.82) is 0 Å². The summed E-state index contributed by atoms with van der Waals surface area (Å²) in [7, 11) is 0. The number of carbonyl (C=O) groups is 1. The lowest BCUT2D eigenvalue weighted by molar-refractivity contribution is 0.0281. The molecule has 0 radical (unpaired) electrons. The van der Waals surface area contributed by atoms with Crippen LogP contribution in [-0.4, -0.2) is 60.5 Å². The molecule has 5 aromatic rings. The zero-order valence-corrected chi connectivity index (χ0v) is 27.1. The predicted octanol–water partition coefficient (Wildman–Crippen LogP) is 5.14. The monoisotopic (exact) mass is 690 g/mol. The minimum absolute atomic E-state index is 0.0676. The maximum atomic E-state index is 14.4. The third-order valence-corrected chi connectivity index (χ3v) is 9.84. The van der Waals surface area contributed by atoms with Crippen LogP contribution in [0.1, 0.15) is 47.7 Å². The van der Waals surface area contributed by atoms with Crippen LogP contribution in [0.2, 0.25) is 0 Å². The van der Waals surface area contributed by atoms with Gasteiger partial charge in [-0.3, -0.25) is 4.98 Å². The molecule has 7 rings (SSSR count). The average molecular weight is 691 g/mol. The van der Waals surface area contributed by atoms with E-state index in [1.54, 1.807) is 31.3 Å². The Hall–Kier alpha value is -4.86. The second kappa shape index (κ2) is 13.6. The van der Waals surface area contributed by atoms with E-state index in [9.17, 15) is 28.2 Å². The van der Waals surface area contributed by atoms with Crippen molar-refractivity contribution in [1.82, 2.24) is 30.6 Å². The van der Waals surface area contributed by atoms with Crippen LogP contribution in [0.5, 0.6) is 0 Å². The molecule has 0 unspecified atom stereocenters. The lowest BCUT2D eigenvalue weighted by Gasteiger charge is -2.21. The van der Waals surface area contributed by atoms with Crippen molar-refractivity contribution >= 4 is 39.4 Å². The van der Waals surface area contributed by atoms with Gasteiger partial charge in [0, 0.05) is 36.3 Å². The van der Waals surface area contributed by atoms with Gasteiger partial charge in [-0.15, -0.1) is 11.3 Å². The third-order valence-electron chi connectivity index (χ3n) is 8.81. The van der Waals surface area contributed by atoms with Crippen LogP contribution in [0, 0.1) is 24.4 Å². The van der Waals surface area contributed by atoms with Crippen LogP contribution in [0.25, 0.3) is 20.8 Å². The minimum atomic E-state index is -1.33. The van der Waals surface area contributed by atoms with Crippen molar-refractivity contribution in [2.24, 2.45) is 0 Å². The average Bonchev–Trinajstić information content (AvgIpc) is 3.78. The van der Waals surface area contributed by atoms with E-state index in [2.05, 4.69) is 36.2 Å². The van der Waals surface area contributed by atoms with Gasteiger partial charge in [0.2, 0.25) is 5.95 Å². The fourth-order valence-electron chi connectivity index (χ4n) is 6.05. The summed E-state index contributed by atoms with van der Waals surface area (Å²) in [6.45, 7) is 1.46. The molecule has 0 saturated heterocycles. The fourth-order valence-corrected chi connectivity index (χ4v) is 7.12. The number of hydrogen-bond donors (Lipinski definition) is 6. The number of aryl methyl sites for hydroxylation is 1.